The molecule has 1 saturated heterocycles. The highest BCUT2D eigenvalue weighted by molar-refractivity contribution is 5.62. The Labute approximate surface area is 105 Å². The number of hydrogen-bond donors (Lipinski definition) is 1. The van der Waals surface area contributed by atoms with E-state index in [0.717, 1.165) is 26.6 Å². The summed E-state index contributed by atoms with van der Waals surface area (Å²) in [6.45, 7) is 9.97. The molecule has 0 radical (unpaired) electrons. The second kappa shape index (κ2) is 10.5. The van der Waals surface area contributed by atoms with Crippen LogP contribution in [0.3, 0.4) is 0 Å². The SMILES string of the molecule is CC(=O)O.CCCCCCN1CCOC(C)C1. The molecule has 0 spiro atoms. The molecule has 0 bridgehead atoms. The monoisotopic (exact) mass is 245 g/mol. The van der Waals surface area contributed by atoms with Crippen LogP contribution in [0.1, 0.15) is 46.5 Å². The zero-order valence-corrected chi connectivity index (χ0v) is 11.4. The molecule has 0 saturated carbocycles. The van der Waals surface area contributed by atoms with Crippen molar-refractivity contribution in [1.29, 1.82) is 0 Å². The fourth-order valence-electron chi connectivity index (χ4n) is 1.86. The smallest absolute Gasteiger partial charge is 0.300 e. The van der Waals surface area contributed by atoms with Crippen molar-refractivity contribution in [2.45, 2.75) is 52.6 Å². The highest BCUT2D eigenvalue weighted by Crippen LogP contribution is 2.07. The Bertz CT molecular complexity index is 193. The maximum atomic E-state index is 9.00. The minimum atomic E-state index is -0.833. The molecule has 102 valence electrons. The maximum Gasteiger partial charge on any atom is 0.300 e. The lowest BCUT2D eigenvalue weighted by Crippen LogP contribution is -2.41. The van der Waals surface area contributed by atoms with Crippen molar-refractivity contribution >= 4 is 5.97 Å². The molecule has 1 aliphatic rings. The fourth-order valence-corrected chi connectivity index (χ4v) is 1.86. The zero-order chi connectivity index (χ0) is 13.1. The predicted octanol–water partition coefficient (Wildman–Crippen LogP) is 2.38. The highest BCUT2D eigenvalue weighted by atomic mass is 16.5. The molecule has 1 heterocycles. The molecule has 1 N–H and O–H groups in total. The van der Waals surface area contributed by atoms with Crippen LogP contribution in [0.5, 0.6) is 0 Å². The number of carboxylic acids is 1. The topological polar surface area (TPSA) is 49.8 Å². The van der Waals surface area contributed by atoms with Gasteiger partial charge in [0.15, 0.2) is 0 Å². The quantitative estimate of drug-likeness (QED) is 0.756. The van der Waals surface area contributed by atoms with Crippen LogP contribution < -0.4 is 0 Å². The maximum absolute atomic E-state index is 9.00. The van der Waals surface area contributed by atoms with Crippen LogP contribution >= 0.6 is 0 Å². The average molecular weight is 245 g/mol. The van der Waals surface area contributed by atoms with Gasteiger partial charge in [-0.2, -0.15) is 0 Å². The summed E-state index contributed by atoms with van der Waals surface area (Å²) in [5.41, 5.74) is 0. The molecule has 0 amide bonds. The van der Waals surface area contributed by atoms with Crippen LogP contribution in [0.4, 0.5) is 0 Å². The first-order chi connectivity index (χ1) is 8.06. The Morgan fingerprint density at radius 3 is 2.59 bits per heavy atom. The van der Waals surface area contributed by atoms with Gasteiger partial charge in [0.05, 0.1) is 12.7 Å². The first kappa shape index (κ1) is 16.4. The first-order valence-corrected chi connectivity index (χ1v) is 6.59. The number of ether oxygens (including phenoxy) is 1. The lowest BCUT2D eigenvalue weighted by atomic mass is 10.2. The largest absolute Gasteiger partial charge is 0.481 e. The van der Waals surface area contributed by atoms with Crippen molar-refractivity contribution in [3.8, 4) is 0 Å². The normalized spacial score (nSPS) is 20.5. The van der Waals surface area contributed by atoms with Gasteiger partial charge in [0.25, 0.3) is 5.97 Å². The van der Waals surface area contributed by atoms with E-state index in [1.165, 1.54) is 32.2 Å². The number of aliphatic carboxylic acids is 1. The molecule has 1 unspecified atom stereocenters. The van der Waals surface area contributed by atoms with Crippen molar-refractivity contribution in [1.82, 2.24) is 4.90 Å². The molecule has 4 heteroatoms. The molecule has 1 rings (SSSR count). The molecule has 0 aromatic heterocycles. The summed E-state index contributed by atoms with van der Waals surface area (Å²) in [7, 11) is 0. The molecule has 1 fully saturated rings. The van der Waals surface area contributed by atoms with Gasteiger partial charge in [-0.1, -0.05) is 26.2 Å². The second-order valence-corrected chi connectivity index (χ2v) is 4.56. The van der Waals surface area contributed by atoms with E-state index >= 15 is 0 Å². The number of carboxylic acid groups (broad SMARTS) is 1. The predicted molar refractivity (Wildman–Crippen MR) is 69.3 cm³/mol. The minimum absolute atomic E-state index is 0.444. The van der Waals surface area contributed by atoms with E-state index in [1.54, 1.807) is 0 Å². The third kappa shape index (κ3) is 11.6. The van der Waals surface area contributed by atoms with E-state index in [-0.39, 0.29) is 0 Å². The third-order valence-electron chi connectivity index (χ3n) is 2.65. The van der Waals surface area contributed by atoms with Gasteiger partial charge >= 0.3 is 0 Å². The molecule has 0 aromatic rings. The van der Waals surface area contributed by atoms with Gasteiger partial charge in [-0.15, -0.1) is 0 Å². The van der Waals surface area contributed by atoms with E-state index in [4.69, 9.17) is 14.6 Å². The van der Waals surface area contributed by atoms with Crippen molar-refractivity contribution in [3.05, 3.63) is 0 Å². The van der Waals surface area contributed by atoms with Crippen molar-refractivity contribution in [2.24, 2.45) is 0 Å². The molecule has 0 aliphatic carbocycles. The second-order valence-electron chi connectivity index (χ2n) is 4.56. The van der Waals surface area contributed by atoms with E-state index in [1.807, 2.05) is 0 Å². The van der Waals surface area contributed by atoms with Crippen LogP contribution in [0.2, 0.25) is 0 Å². The number of rotatable bonds is 5. The van der Waals surface area contributed by atoms with Gasteiger partial charge in [0.1, 0.15) is 0 Å². The van der Waals surface area contributed by atoms with Gasteiger partial charge in [0, 0.05) is 20.0 Å². The molecular formula is C13H27NO3. The van der Waals surface area contributed by atoms with Gasteiger partial charge < -0.3 is 9.84 Å². The number of hydrogen-bond acceptors (Lipinski definition) is 3. The van der Waals surface area contributed by atoms with Gasteiger partial charge in [-0.25, -0.2) is 0 Å². The van der Waals surface area contributed by atoms with Crippen LogP contribution in [0.25, 0.3) is 0 Å². The Kier molecular flexibility index (Phi) is 10.2. The Hall–Kier alpha value is -0.610. The molecule has 0 aromatic carbocycles. The zero-order valence-electron chi connectivity index (χ0n) is 11.4. The number of nitrogens with zero attached hydrogens (tertiary/aromatic N) is 1. The molecule has 1 atom stereocenters. The first-order valence-electron chi connectivity index (χ1n) is 6.59. The summed E-state index contributed by atoms with van der Waals surface area (Å²) in [6, 6.07) is 0. The average Bonchev–Trinajstić information content (AvgIpc) is 2.24. The summed E-state index contributed by atoms with van der Waals surface area (Å²) in [5, 5.41) is 7.42. The fraction of sp³-hybridized carbons (Fsp3) is 0.923. The van der Waals surface area contributed by atoms with E-state index in [2.05, 4.69) is 18.7 Å². The van der Waals surface area contributed by atoms with Crippen molar-refractivity contribution in [3.63, 3.8) is 0 Å². The number of unbranched alkanes of at least 4 members (excludes halogenated alkanes) is 3. The van der Waals surface area contributed by atoms with Crippen LogP contribution in [0.15, 0.2) is 0 Å². The lowest BCUT2D eigenvalue weighted by molar-refractivity contribution is -0.134. The van der Waals surface area contributed by atoms with Crippen LogP contribution in [-0.2, 0) is 9.53 Å². The van der Waals surface area contributed by atoms with Crippen molar-refractivity contribution in [2.75, 3.05) is 26.2 Å². The van der Waals surface area contributed by atoms with Crippen LogP contribution in [-0.4, -0.2) is 48.3 Å². The highest BCUT2D eigenvalue weighted by Gasteiger charge is 2.15. The number of carbonyl (C=O) groups is 1. The Balaban J connectivity index is 0.000000557. The molecule has 17 heavy (non-hydrogen) atoms. The van der Waals surface area contributed by atoms with Crippen molar-refractivity contribution < 1.29 is 14.6 Å². The Morgan fingerprint density at radius 1 is 1.41 bits per heavy atom. The Morgan fingerprint density at radius 2 is 2.06 bits per heavy atom. The van der Waals surface area contributed by atoms with E-state index < -0.39 is 5.97 Å². The van der Waals surface area contributed by atoms with Gasteiger partial charge in [0.2, 0.25) is 0 Å². The van der Waals surface area contributed by atoms with E-state index in [9.17, 15) is 0 Å². The van der Waals surface area contributed by atoms with Crippen LogP contribution in [0, 0.1) is 0 Å². The third-order valence-corrected chi connectivity index (χ3v) is 2.65. The minimum Gasteiger partial charge on any atom is -0.481 e. The summed E-state index contributed by atoms with van der Waals surface area (Å²) >= 11 is 0. The molecule has 1 aliphatic heterocycles. The molecule has 4 nitrogen and oxygen atoms in total. The summed E-state index contributed by atoms with van der Waals surface area (Å²) in [5.74, 6) is -0.833. The molecular weight excluding hydrogens is 218 g/mol. The summed E-state index contributed by atoms with van der Waals surface area (Å²) in [6.07, 6.45) is 5.92. The summed E-state index contributed by atoms with van der Waals surface area (Å²) < 4.78 is 5.49. The number of morpholine rings is 1. The standard InChI is InChI=1S/C11H23NO.C2H4O2/c1-3-4-5-6-7-12-8-9-13-11(2)10-12;1-2(3)4/h11H,3-10H2,1-2H3;1H3,(H,3,4). The van der Waals surface area contributed by atoms with Gasteiger partial charge in [-0.05, 0) is 19.9 Å². The van der Waals surface area contributed by atoms with Gasteiger partial charge in [-0.3, -0.25) is 9.69 Å². The van der Waals surface area contributed by atoms with E-state index in [0.29, 0.717) is 6.10 Å². The lowest BCUT2D eigenvalue weighted by Gasteiger charge is -2.30. The summed E-state index contributed by atoms with van der Waals surface area (Å²) in [4.78, 5) is 11.5.